The van der Waals surface area contributed by atoms with Gasteiger partial charge in [-0.2, -0.15) is 0 Å². The minimum absolute atomic E-state index is 0.0334. The molecule has 5 nitrogen and oxygen atoms in total. The van der Waals surface area contributed by atoms with Gasteiger partial charge in [0.2, 0.25) is 5.91 Å². The number of halogens is 1. The van der Waals surface area contributed by atoms with Gasteiger partial charge in [-0.1, -0.05) is 0 Å². The quantitative estimate of drug-likeness (QED) is 0.762. The van der Waals surface area contributed by atoms with E-state index in [1.165, 1.54) is 0 Å². The maximum atomic E-state index is 13.9. The van der Waals surface area contributed by atoms with Gasteiger partial charge in [-0.05, 0) is 20.3 Å². The second-order valence-electron chi connectivity index (χ2n) is 6.30. The van der Waals surface area contributed by atoms with E-state index in [2.05, 4.69) is 9.88 Å². The lowest BCUT2D eigenvalue weighted by Gasteiger charge is -2.28. The fraction of sp³-hybridized carbons (Fsp3) is 0.750. The summed E-state index contributed by atoms with van der Waals surface area (Å²) < 4.78 is 19.0. The van der Waals surface area contributed by atoms with Gasteiger partial charge in [0.25, 0.3) is 0 Å². The Hall–Kier alpha value is -1.05. The van der Waals surface area contributed by atoms with Crippen LogP contribution in [0, 0.1) is 6.92 Å². The first kappa shape index (κ1) is 18.3. The molecular formula is C16H26FN3O2S. The van der Waals surface area contributed by atoms with E-state index >= 15 is 0 Å². The summed E-state index contributed by atoms with van der Waals surface area (Å²) >= 11 is 1.61. The Morgan fingerprint density at radius 3 is 3.00 bits per heavy atom. The Bertz CT molecular complexity index is 525. The molecule has 1 aliphatic rings. The number of hydrogen-bond donors (Lipinski definition) is 0. The van der Waals surface area contributed by atoms with E-state index in [1.807, 2.05) is 19.2 Å². The molecule has 7 heteroatoms. The van der Waals surface area contributed by atoms with Crippen LogP contribution in [-0.4, -0.2) is 66.3 Å². The Balaban J connectivity index is 1.92. The van der Waals surface area contributed by atoms with Gasteiger partial charge in [0.05, 0.1) is 23.2 Å². The summed E-state index contributed by atoms with van der Waals surface area (Å²) in [4.78, 5) is 20.4. The van der Waals surface area contributed by atoms with Crippen molar-refractivity contribution < 1.29 is 13.9 Å². The molecule has 2 heterocycles. The zero-order valence-corrected chi connectivity index (χ0v) is 15.1. The molecule has 1 aliphatic heterocycles. The number of likely N-dealkylation sites (tertiary alicyclic amines) is 1. The predicted octanol–water partition coefficient (Wildman–Crippen LogP) is 2.25. The summed E-state index contributed by atoms with van der Waals surface area (Å²) in [7, 11) is 3.38. The van der Waals surface area contributed by atoms with Crippen molar-refractivity contribution in [2.24, 2.45) is 0 Å². The summed E-state index contributed by atoms with van der Waals surface area (Å²) in [5, 5.41) is 3.04. The lowest BCUT2D eigenvalue weighted by atomic mass is 10.1. The standard InChI is InChI=1S/C16H26FN3O2S/c1-11(22-4)5-16(21)19(3)9-15-6-13(17)7-20(15)8-14-10-23-12(2)18-14/h10-11,13,15H,5-9H2,1-4H3/t11-,13-,15-/m0/s1. The number of ether oxygens (including phenoxy) is 1. The van der Waals surface area contributed by atoms with E-state index in [0.29, 0.717) is 32.5 Å². The Morgan fingerprint density at radius 2 is 2.39 bits per heavy atom. The molecule has 1 amide bonds. The van der Waals surface area contributed by atoms with Crippen LogP contribution in [0.1, 0.15) is 30.5 Å². The van der Waals surface area contributed by atoms with Crippen LogP contribution < -0.4 is 0 Å². The van der Waals surface area contributed by atoms with Crippen molar-refractivity contribution in [1.29, 1.82) is 0 Å². The summed E-state index contributed by atoms with van der Waals surface area (Å²) in [6.45, 7) is 5.44. The maximum Gasteiger partial charge on any atom is 0.224 e. The van der Waals surface area contributed by atoms with Crippen LogP contribution >= 0.6 is 11.3 Å². The molecule has 1 fully saturated rings. The van der Waals surface area contributed by atoms with E-state index in [4.69, 9.17) is 4.74 Å². The normalized spacial score (nSPS) is 23.2. The number of carbonyl (C=O) groups excluding carboxylic acids is 1. The van der Waals surface area contributed by atoms with Crippen LogP contribution in [0.25, 0.3) is 0 Å². The number of rotatable bonds is 7. The van der Waals surface area contributed by atoms with Crippen molar-refractivity contribution >= 4 is 17.2 Å². The summed E-state index contributed by atoms with van der Waals surface area (Å²) in [6.07, 6.45) is -0.109. The second kappa shape index (κ2) is 8.17. The number of hydrogen-bond acceptors (Lipinski definition) is 5. The van der Waals surface area contributed by atoms with Gasteiger partial charge in [-0.25, -0.2) is 9.37 Å². The average molecular weight is 343 g/mol. The molecule has 0 bridgehead atoms. The Labute approximate surface area is 141 Å². The highest BCUT2D eigenvalue weighted by Crippen LogP contribution is 2.24. The molecule has 0 aromatic carbocycles. The van der Waals surface area contributed by atoms with E-state index in [-0.39, 0.29) is 18.1 Å². The zero-order chi connectivity index (χ0) is 17.0. The minimum Gasteiger partial charge on any atom is -0.381 e. The van der Waals surface area contributed by atoms with Crippen LogP contribution in [0.3, 0.4) is 0 Å². The van der Waals surface area contributed by atoms with Gasteiger partial charge in [0, 0.05) is 45.2 Å². The molecule has 0 unspecified atom stereocenters. The van der Waals surface area contributed by atoms with Gasteiger partial charge in [-0.15, -0.1) is 11.3 Å². The highest BCUT2D eigenvalue weighted by molar-refractivity contribution is 7.09. The molecule has 2 rings (SSSR count). The fourth-order valence-corrected chi connectivity index (χ4v) is 3.50. The maximum absolute atomic E-state index is 13.9. The molecule has 1 aromatic heterocycles. The van der Waals surface area contributed by atoms with E-state index < -0.39 is 6.17 Å². The van der Waals surface area contributed by atoms with Crippen LogP contribution in [0.4, 0.5) is 4.39 Å². The predicted molar refractivity (Wildman–Crippen MR) is 89.3 cm³/mol. The molecule has 0 radical (unpaired) electrons. The van der Waals surface area contributed by atoms with Gasteiger partial charge >= 0.3 is 0 Å². The Morgan fingerprint density at radius 1 is 1.65 bits per heavy atom. The number of carbonyl (C=O) groups is 1. The smallest absolute Gasteiger partial charge is 0.224 e. The fourth-order valence-electron chi connectivity index (χ4n) is 2.90. The molecule has 0 spiro atoms. The van der Waals surface area contributed by atoms with Crippen LogP contribution in [-0.2, 0) is 16.1 Å². The molecule has 0 aliphatic carbocycles. The monoisotopic (exact) mass is 343 g/mol. The molecule has 3 atom stereocenters. The van der Waals surface area contributed by atoms with Gasteiger partial charge in [0.15, 0.2) is 0 Å². The van der Waals surface area contributed by atoms with Crippen LogP contribution in [0.2, 0.25) is 0 Å². The number of alkyl halides is 1. The molecule has 0 saturated carbocycles. The van der Waals surface area contributed by atoms with Crippen LogP contribution in [0.5, 0.6) is 0 Å². The van der Waals surface area contributed by atoms with Gasteiger partial charge < -0.3 is 9.64 Å². The molecular weight excluding hydrogens is 317 g/mol. The SMILES string of the molecule is CO[C@@H](C)CC(=O)N(C)C[C@@H]1C[C@H](F)CN1Cc1csc(C)n1. The third-order valence-electron chi connectivity index (χ3n) is 4.28. The topological polar surface area (TPSA) is 45.7 Å². The van der Waals surface area contributed by atoms with Crippen molar-refractivity contribution in [3.05, 3.63) is 16.1 Å². The van der Waals surface area contributed by atoms with Crippen molar-refractivity contribution in [1.82, 2.24) is 14.8 Å². The lowest BCUT2D eigenvalue weighted by Crippen LogP contribution is -2.41. The molecule has 1 saturated heterocycles. The third-order valence-corrected chi connectivity index (χ3v) is 5.11. The second-order valence-corrected chi connectivity index (χ2v) is 7.36. The van der Waals surface area contributed by atoms with Gasteiger partial charge in [-0.3, -0.25) is 9.69 Å². The van der Waals surface area contributed by atoms with Gasteiger partial charge in [0.1, 0.15) is 6.17 Å². The van der Waals surface area contributed by atoms with Crippen molar-refractivity contribution in [2.75, 3.05) is 27.2 Å². The number of nitrogens with zero attached hydrogens (tertiary/aromatic N) is 3. The number of thiazole rings is 1. The van der Waals surface area contributed by atoms with Crippen LogP contribution in [0.15, 0.2) is 5.38 Å². The molecule has 0 N–H and O–H groups in total. The number of aryl methyl sites for hydroxylation is 1. The summed E-state index contributed by atoms with van der Waals surface area (Å²) in [5.74, 6) is 0.0334. The first-order chi connectivity index (χ1) is 10.9. The molecule has 1 aromatic rings. The van der Waals surface area contributed by atoms with Crippen molar-refractivity contribution in [2.45, 2.75) is 51.6 Å². The van der Waals surface area contributed by atoms with E-state index in [0.717, 1.165) is 10.7 Å². The number of methoxy groups -OCH3 is 1. The Kier molecular flexibility index (Phi) is 6.50. The number of likely N-dealkylation sites (N-methyl/N-ethyl adjacent to an activating group) is 1. The zero-order valence-electron chi connectivity index (χ0n) is 14.3. The first-order valence-electron chi connectivity index (χ1n) is 7.95. The van der Waals surface area contributed by atoms with Crippen molar-refractivity contribution in [3.8, 4) is 0 Å². The minimum atomic E-state index is -0.832. The average Bonchev–Trinajstić information content (AvgIpc) is 3.05. The highest BCUT2D eigenvalue weighted by atomic mass is 32.1. The first-order valence-corrected chi connectivity index (χ1v) is 8.83. The number of amides is 1. The highest BCUT2D eigenvalue weighted by Gasteiger charge is 2.33. The van der Waals surface area contributed by atoms with E-state index in [1.54, 1.807) is 30.4 Å². The lowest BCUT2D eigenvalue weighted by molar-refractivity contribution is -0.132. The van der Waals surface area contributed by atoms with E-state index in [9.17, 15) is 9.18 Å². The molecule has 130 valence electrons. The summed E-state index contributed by atoms with van der Waals surface area (Å²) in [6, 6.07) is 0.0406. The summed E-state index contributed by atoms with van der Waals surface area (Å²) in [5.41, 5.74) is 0.980. The largest absolute Gasteiger partial charge is 0.381 e. The molecule has 23 heavy (non-hydrogen) atoms. The van der Waals surface area contributed by atoms with Crippen molar-refractivity contribution in [3.63, 3.8) is 0 Å². The number of aromatic nitrogens is 1. The third kappa shape index (κ3) is 5.22.